The van der Waals surface area contributed by atoms with Crippen LogP contribution in [0.1, 0.15) is 49.3 Å². The fraction of sp³-hybridized carbons (Fsp3) is 0.786. The molecule has 1 N–H and O–H groups in total. The average molecular weight is 233 g/mol. The first-order chi connectivity index (χ1) is 8.34. The van der Waals surface area contributed by atoms with Gasteiger partial charge in [0.05, 0.1) is 5.69 Å². The first kappa shape index (κ1) is 11.3. The molecule has 0 amide bonds. The quantitative estimate of drug-likeness (QED) is 0.849. The fourth-order valence-electron chi connectivity index (χ4n) is 3.28. The highest BCUT2D eigenvalue weighted by atomic mass is 15.1. The lowest BCUT2D eigenvalue weighted by molar-refractivity contribution is 0.356. The molecule has 0 saturated carbocycles. The van der Waals surface area contributed by atoms with Crippen molar-refractivity contribution in [3.63, 3.8) is 0 Å². The van der Waals surface area contributed by atoms with Gasteiger partial charge in [-0.25, -0.2) is 4.98 Å². The summed E-state index contributed by atoms with van der Waals surface area (Å²) in [6.07, 6.45) is 9.16. The molecule has 17 heavy (non-hydrogen) atoms. The van der Waals surface area contributed by atoms with Gasteiger partial charge in [-0.05, 0) is 52.0 Å². The van der Waals surface area contributed by atoms with Crippen molar-refractivity contribution >= 4 is 0 Å². The number of fused-ring (bicyclic) bond motifs is 1. The van der Waals surface area contributed by atoms with Crippen molar-refractivity contribution in [3.05, 3.63) is 17.2 Å². The summed E-state index contributed by atoms with van der Waals surface area (Å²) in [5.74, 6) is 1.23. The van der Waals surface area contributed by atoms with Crippen molar-refractivity contribution in [2.24, 2.45) is 0 Å². The molecule has 0 aromatic carbocycles. The van der Waals surface area contributed by atoms with Crippen molar-refractivity contribution in [1.82, 2.24) is 14.9 Å². The van der Waals surface area contributed by atoms with Crippen LogP contribution in [-0.4, -0.2) is 22.1 Å². The Morgan fingerprint density at radius 1 is 1.24 bits per heavy atom. The predicted molar refractivity (Wildman–Crippen MR) is 69.2 cm³/mol. The third-order valence-electron chi connectivity index (χ3n) is 4.24. The minimum Gasteiger partial charge on any atom is -0.330 e. The normalized spacial score (nSPS) is 24.6. The molecule has 1 aromatic heterocycles. The summed E-state index contributed by atoms with van der Waals surface area (Å²) >= 11 is 0. The zero-order valence-corrected chi connectivity index (χ0v) is 10.8. The van der Waals surface area contributed by atoms with E-state index in [0.29, 0.717) is 6.04 Å². The number of aryl methyl sites for hydroxylation is 2. The Labute approximate surface area is 104 Å². The van der Waals surface area contributed by atoms with Crippen LogP contribution in [0.5, 0.6) is 0 Å². The molecule has 1 aliphatic carbocycles. The molecule has 1 unspecified atom stereocenters. The summed E-state index contributed by atoms with van der Waals surface area (Å²) < 4.78 is 2.48. The molecular weight excluding hydrogens is 210 g/mol. The fourth-order valence-corrected chi connectivity index (χ4v) is 3.28. The number of nitrogens with one attached hydrogen (secondary N) is 1. The van der Waals surface area contributed by atoms with Crippen molar-refractivity contribution in [1.29, 1.82) is 0 Å². The van der Waals surface area contributed by atoms with E-state index in [4.69, 9.17) is 4.98 Å². The van der Waals surface area contributed by atoms with E-state index in [2.05, 4.69) is 16.8 Å². The zero-order chi connectivity index (χ0) is 11.7. The molecule has 1 fully saturated rings. The van der Waals surface area contributed by atoms with Crippen LogP contribution in [0.3, 0.4) is 0 Å². The van der Waals surface area contributed by atoms with E-state index >= 15 is 0 Å². The van der Waals surface area contributed by atoms with Crippen molar-refractivity contribution in [2.45, 2.75) is 64.5 Å². The minimum absolute atomic E-state index is 0.669. The molecule has 3 rings (SSSR count). The number of imidazole rings is 1. The zero-order valence-electron chi connectivity index (χ0n) is 10.8. The predicted octanol–water partition coefficient (Wildman–Crippen LogP) is 2.21. The van der Waals surface area contributed by atoms with E-state index in [1.807, 2.05) is 0 Å². The highest BCUT2D eigenvalue weighted by Gasteiger charge is 2.21. The maximum absolute atomic E-state index is 4.75. The summed E-state index contributed by atoms with van der Waals surface area (Å²) in [6, 6.07) is 0.669. The molecule has 1 aromatic rings. The largest absolute Gasteiger partial charge is 0.330 e. The molecule has 0 bridgehead atoms. The van der Waals surface area contributed by atoms with Crippen LogP contribution in [0.15, 0.2) is 0 Å². The molecule has 94 valence electrons. The Bertz CT molecular complexity index is 388. The summed E-state index contributed by atoms with van der Waals surface area (Å²) in [6.45, 7) is 4.50. The van der Waals surface area contributed by atoms with Gasteiger partial charge in [-0.15, -0.1) is 0 Å². The molecule has 1 atom stereocenters. The highest BCUT2D eigenvalue weighted by Crippen LogP contribution is 2.23. The number of hydrogen-bond acceptors (Lipinski definition) is 2. The SMILES string of the molecule is Cc1nc2c(n1CC1CCCCN1)CCCC2. The molecule has 3 heteroatoms. The first-order valence-corrected chi connectivity index (χ1v) is 7.13. The van der Waals surface area contributed by atoms with Gasteiger partial charge in [-0.3, -0.25) is 0 Å². The van der Waals surface area contributed by atoms with Gasteiger partial charge in [-0.1, -0.05) is 6.42 Å². The number of rotatable bonds is 2. The molecule has 2 aliphatic rings. The molecule has 3 nitrogen and oxygen atoms in total. The molecule has 1 aliphatic heterocycles. The van der Waals surface area contributed by atoms with Gasteiger partial charge < -0.3 is 9.88 Å². The highest BCUT2D eigenvalue weighted by molar-refractivity contribution is 5.20. The number of piperidine rings is 1. The summed E-state index contributed by atoms with van der Waals surface area (Å²) in [5.41, 5.74) is 2.91. The molecule has 0 spiro atoms. The molecular formula is C14H23N3. The summed E-state index contributed by atoms with van der Waals surface area (Å²) in [7, 11) is 0. The number of hydrogen-bond donors (Lipinski definition) is 1. The maximum atomic E-state index is 4.75. The Hall–Kier alpha value is -0.830. The van der Waals surface area contributed by atoms with E-state index < -0.39 is 0 Å². The third kappa shape index (κ3) is 2.25. The Morgan fingerprint density at radius 3 is 2.94 bits per heavy atom. The topological polar surface area (TPSA) is 29.9 Å². The van der Waals surface area contributed by atoms with Gasteiger partial charge in [0.25, 0.3) is 0 Å². The van der Waals surface area contributed by atoms with Crippen LogP contribution < -0.4 is 5.32 Å². The Kier molecular flexibility index (Phi) is 3.19. The minimum atomic E-state index is 0.669. The second-order valence-electron chi connectivity index (χ2n) is 5.52. The van der Waals surface area contributed by atoms with Crippen molar-refractivity contribution < 1.29 is 0 Å². The van der Waals surface area contributed by atoms with Crippen LogP contribution in [0, 0.1) is 6.92 Å². The van der Waals surface area contributed by atoms with Gasteiger partial charge in [0.15, 0.2) is 0 Å². The second-order valence-corrected chi connectivity index (χ2v) is 5.52. The lowest BCUT2D eigenvalue weighted by atomic mass is 10.0. The monoisotopic (exact) mass is 233 g/mol. The molecule has 1 saturated heterocycles. The second kappa shape index (κ2) is 4.81. The van der Waals surface area contributed by atoms with Crippen LogP contribution >= 0.6 is 0 Å². The van der Waals surface area contributed by atoms with Gasteiger partial charge in [0.2, 0.25) is 0 Å². The van der Waals surface area contributed by atoms with Crippen molar-refractivity contribution in [2.75, 3.05) is 6.54 Å². The molecule has 0 radical (unpaired) electrons. The molecule has 2 heterocycles. The summed E-state index contributed by atoms with van der Waals surface area (Å²) in [5, 5.41) is 3.64. The lowest BCUT2D eigenvalue weighted by Gasteiger charge is -2.25. The Balaban J connectivity index is 1.79. The standard InChI is InChI=1S/C14H23N3/c1-11-16-13-7-2-3-8-14(13)17(11)10-12-6-4-5-9-15-12/h12,15H,2-10H2,1H3. The summed E-state index contributed by atoms with van der Waals surface area (Å²) in [4.78, 5) is 4.75. The van der Waals surface area contributed by atoms with E-state index in [-0.39, 0.29) is 0 Å². The van der Waals surface area contributed by atoms with Crippen molar-refractivity contribution in [3.8, 4) is 0 Å². The maximum Gasteiger partial charge on any atom is 0.106 e. The van der Waals surface area contributed by atoms with Crippen LogP contribution in [0.2, 0.25) is 0 Å². The van der Waals surface area contributed by atoms with E-state index in [0.717, 1.165) is 6.54 Å². The number of nitrogens with zero attached hydrogens (tertiary/aromatic N) is 2. The van der Waals surface area contributed by atoms with E-state index in [9.17, 15) is 0 Å². The average Bonchev–Trinajstić information content (AvgIpc) is 2.68. The van der Waals surface area contributed by atoms with Gasteiger partial charge >= 0.3 is 0 Å². The first-order valence-electron chi connectivity index (χ1n) is 7.13. The Morgan fingerprint density at radius 2 is 2.12 bits per heavy atom. The van der Waals surface area contributed by atoms with Crippen LogP contribution in [-0.2, 0) is 19.4 Å². The van der Waals surface area contributed by atoms with Gasteiger partial charge in [-0.2, -0.15) is 0 Å². The number of aromatic nitrogens is 2. The van der Waals surface area contributed by atoms with Gasteiger partial charge in [0.1, 0.15) is 5.82 Å². The van der Waals surface area contributed by atoms with Gasteiger partial charge in [0, 0.05) is 18.3 Å². The van der Waals surface area contributed by atoms with E-state index in [1.165, 1.54) is 68.7 Å². The van der Waals surface area contributed by atoms with Crippen LogP contribution in [0.25, 0.3) is 0 Å². The van der Waals surface area contributed by atoms with Crippen LogP contribution in [0.4, 0.5) is 0 Å². The smallest absolute Gasteiger partial charge is 0.106 e. The third-order valence-corrected chi connectivity index (χ3v) is 4.24. The van der Waals surface area contributed by atoms with E-state index in [1.54, 1.807) is 0 Å². The lowest BCUT2D eigenvalue weighted by Crippen LogP contribution is -2.38.